The number of benzene rings is 2. The SMILES string of the molecule is Fc1cccc(C#Cc2ccc(-c3noc(C4CCCN4C4CCC4)n3)cc2)c1. The van der Waals surface area contributed by atoms with E-state index in [1.807, 2.05) is 24.3 Å². The van der Waals surface area contributed by atoms with E-state index in [-0.39, 0.29) is 11.9 Å². The number of rotatable bonds is 3. The van der Waals surface area contributed by atoms with Crippen LogP contribution in [0.15, 0.2) is 53.1 Å². The van der Waals surface area contributed by atoms with Crippen LogP contribution in [0, 0.1) is 17.7 Å². The van der Waals surface area contributed by atoms with E-state index in [2.05, 4.69) is 26.9 Å². The monoisotopic (exact) mass is 387 g/mol. The Bertz CT molecular complexity index is 1060. The fourth-order valence-electron chi connectivity index (χ4n) is 4.11. The van der Waals surface area contributed by atoms with Crippen molar-refractivity contribution >= 4 is 0 Å². The van der Waals surface area contributed by atoms with Crippen LogP contribution < -0.4 is 0 Å². The fraction of sp³-hybridized carbons (Fsp3) is 0.333. The first-order valence-electron chi connectivity index (χ1n) is 10.2. The summed E-state index contributed by atoms with van der Waals surface area (Å²) in [5.41, 5.74) is 2.42. The standard InChI is InChI=1S/C24H22FN3O/c25-20-5-1-4-18(16-20)10-9-17-11-13-19(14-12-17)23-26-24(29-27-23)22-8-3-15-28(22)21-6-2-7-21/h1,4-5,11-14,16,21-22H,2-3,6-8,15H2. The first kappa shape index (κ1) is 18.1. The predicted octanol–water partition coefficient (Wildman–Crippen LogP) is 4.96. The van der Waals surface area contributed by atoms with Crippen LogP contribution in [0.2, 0.25) is 0 Å². The van der Waals surface area contributed by atoms with Crippen LogP contribution in [0.1, 0.15) is 55.2 Å². The van der Waals surface area contributed by atoms with E-state index < -0.39 is 0 Å². The molecule has 29 heavy (non-hydrogen) atoms. The molecule has 4 nitrogen and oxygen atoms in total. The summed E-state index contributed by atoms with van der Waals surface area (Å²) in [6.07, 6.45) is 6.19. The summed E-state index contributed by atoms with van der Waals surface area (Å²) in [4.78, 5) is 7.24. The third kappa shape index (κ3) is 3.81. The molecule has 2 fully saturated rings. The minimum absolute atomic E-state index is 0.262. The van der Waals surface area contributed by atoms with Crippen molar-refractivity contribution in [2.24, 2.45) is 0 Å². The Balaban J connectivity index is 1.31. The van der Waals surface area contributed by atoms with Gasteiger partial charge in [-0.3, -0.25) is 4.90 Å². The lowest BCUT2D eigenvalue weighted by molar-refractivity contribution is 0.0966. The molecule has 0 spiro atoms. The van der Waals surface area contributed by atoms with Crippen LogP contribution in [0.5, 0.6) is 0 Å². The molecule has 2 heterocycles. The molecular formula is C24H22FN3O. The molecular weight excluding hydrogens is 365 g/mol. The van der Waals surface area contributed by atoms with Crippen LogP contribution in [-0.2, 0) is 0 Å². The van der Waals surface area contributed by atoms with E-state index in [9.17, 15) is 4.39 Å². The van der Waals surface area contributed by atoms with Crippen molar-refractivity contribution in [2.45, 2.75) is 44.2 Å². The van der Waals surface area contributed by atoms with Gasteiger partial charge in [-0.05, 0) is 74.7 Å². The molecule has 0 bridgehead atoms. The zero-order valence-electron chi connectivity index (χ0n) is 16.1. The number of hydrogen-bond donors (Lipinski definition) is 0. The highest BCUT2D eigenvalue weighted by atomic mass is 19.1. The van der Waals surface area contributed by atoms with Gasteiger partial charge in [0.1, 0.15) is 5.82 Å². The van der Waals surface area contributed by atoms with E-state index in [0.29, 0.717) is 17.4 Å². The van der Waals surface area contributed by atoms with Gasteiger partial charge in [-0.1, -0.05) is 29.5 Å². The molecule has 1 aliphatic heterocycles. The molecule has 1 unspecified atom stereocenters. The Kier molecular flexibility index (Phi) is 4.87. The molecule has 3 aromatic rings. The van der Waals surface area contributed by atoms with Crippen molar-refractivity contribution in [1.82, 2.24) is 15.0 Å². The molecule has 1 aromatic heterocycles. The van der Waals surface area contributed by atoms with E-state index in [4.69, 9.17) is 4.52 Å². The fourth-order valence-corrected chi connectivity index (χ4v) is 4.11. The highest BCUT2D eigenvalue weighted by Crippen LogP contribution is 2.38. The Hall–Kier alpha value is -2.97. The molecule has 1 atom stereocenters. The average molecular weight is 387 g/mol. The third-order valence-electron chi connectivity index (χ3n) is 5.88. The van der Waals surface area contributed by atoms with Gasteiger partial charge in [0.15, 0.2) is 0 Å². The number of aromatic nitrogens is 2. The lowest BCUT2D eigenvalue weighted by Crippen LogP contribution is -2.39. The largest absolute Gasteiger partial charge is 0.337 e. The summed E-state index contributed by atoms with van der Waals surface area (Å²) < 4.78 is 18.9. The maximum atomic E-state index is 13.2. The average Bonchev–Trinajstić information content (AvgIpc) is 3.35. The number of likely N-dealkylation sites (tertiary alicyclic amines) is 1. The van der Waals surface area contributed by atoms with Crippen molar-refractivity contribution in [3.05, 3.63) is 71.4 Å². The number of hydrogen-bond acceptors (Lipinski definition) is 4. The smallest absolute Gasteiger partial charge is 0.244 e. The van der Waals surface area contributed by atoms with Gasteiger partial charge in [-0.25, -0.2) is 4.39 Å². The molecule has 5 heteroatoms. The molecule has 0 radical (unpaired) electrons. The summed E-state index contributed by atoms with van der Waals surface area (Å²) in [6.45, 7) is 1.13. The van der Waals surface area contributed by atoms with Gasteiger partial charge in [0.25, 0.3) is 0 Å². The van der Waals surface area contributed by atoms with E-state index in [1.165, 1.54) is 37.8 Å². The van der Waals surface area contributed by atoms with Gasteiger partial charge in [-0.15, -0.1) is 0 Å². The Morgan fingerprint density at radius 3 is 2.55 bits per heavy atom. The lowest BCUT2D eigenvalue weighted by atomic mass is 9.91. The summed E-state index contributed by atoms with van der Waals surface area (Å²) in [5, 5.41) is 4.21. The molecule has 1 saturated heterocycles. The molecule has 0 amide bonds. The van der Waals surface area contributed by atoms with E-state index in [0.717, 1.165) is 30.0 Å². The summed E-state index contributed by atoms with van der Waals surface area (Å²) >= 11 is 0. The normalized spacial score (nSPS) is 19.6. The summed E-state index contributed by atoms with van der Waals surface area (Å²) in [6, 6.07) is 15.0. The van der Waals surface area contributed by atoms with E-state index >= 15 is 0 Å². The van der Waals surface area contributed by atoms with Crippen molar-refractivity contribution in [3.8, 4) is 23.2 Å². The predicted molar refractivity (Wildman–Crippen MR) is 108 cm³/mol. The Morgan fingerprint density at radius 1 is 0.966 bits per heavy atom. The second-order valence-corrected chi connectivity index (χ2v) is 7.77. The van der Waals surface area contributed by atoms with Gasteiger partial charge in [-0.2, -0.15) is 4.98 Å². The molecule has 1 aliphatic carbocycles. The van der Waals surface area contributed by atoms with Gasteiger partial charge in [0.2, 0.25) is 11.7 Å². The van der Waals surface area contributed by atoms with Gasteiger partial charge < -0.3 is 4.52 Å². The summed E-state index contributed by atoms with van der Waals surface area (Å²) in [5.74, 6) is 7.12. The Morgan fingerprint density at radius 2 is 1.79 bits per heavy atom. The zero-order chi connectivity index (χ0) is 19.6. The van der Waals surface area contributed by atoms with Crippen molar-refractivity contribution < 1.29 is 8.91 Å². The maximum absolute atomic E-state index is 13.2. The summed E-state index contributed by atoms with van der Waals surface area (Å²) in [7, 11) is 0. The highest BCUT2D eigenvalue weighted by Gasteiger charge is 2.37. The maximum Gasteiger partial charge on any atom is 0.244 e. The van der Waals surface area contributed by atoms with E-state index in [1.54, 1.807) is 12.1 Å². The van der Waals surface area contributed by atoms with Crippen LogP contribution in [0.3, 0.4) is 0 Å². The Labute approximate surface area is 169 Å². The molecule has 1 saturated carbocycles. The minimum atomic E-state index is -0.279. The van der Waals surface area contributed by atoms with Gasteiger partial charge in [0, 0.05) is 22.7 Å². The molecule has 146 valence electrons. The van der Waals surface area contributed by atoms with Crippen molar-refractivity contribution in [1.29, 1.82) is 0 Å². The zero-order valence-corrected chi connectivity index (χ0v) is 16.1. The first-order chi connectivity index (χ1) is 14.3. The van der Waals surface area contributed by atoms with Gasteiger partial charge in [0.05, 0.1) is 6.04 Å². The first-order valence-corrected chi connectivity index (χ1v) is 10.2. The molecule has 5 rings (SSSR count). The van der Waals surface area contributed by atoms with Crippen LogP contribution in [-0.4, -0.2) is 27.6 Å². The quantitative estimate of drug-likeness (QED) is 0.596. The minimum Gasteiger partial charge on any atom is -0.337 e. The molecule has 2 aliphatic rings. The third-order valence-corrected chi connectivity index (χ3v) is 5.88. The van der Waals surface area contributed by atoms with Crippen molar-refractivity contribution in [3.63, 3.8) is 0 Å². The van der Waals surface area contributed by atoms with Crippen LogP contribution >= 0.6 is 0 Å². The van der Waals surface area contributed by atoms with Gasteiger partial charge >= 0.3 is 0 Å². The second-order valence-electron chi connectivity index (χ2n) is 7.77. The molecule has 0 N–H and O–H groups in total. The van der Waals surface area contributed by atoms with Crippen LogP contribution in [0.25, 0.3) is 11.4 Å². The molecule has 2 aromatic carbocycles. The highest BCUT2D eigenvalue weighted by molar-refractivity contribution is 5.56. The van der Waals surface area contributed by atoms with Crippen LogP contribution in [0.4, 0.5) is 4.39 Å². The second kappa shape index (κ2) is 7.81. The number of nitrogens with zero attached hydrogens (tertiary/aromatic N) is 3. The topological polar surface area (TPSA) is 42.2 Å². The number of halogens is 1. The lowest BCUT2D eigenvalue weighted by Gasteiger charge is -2.37. The van der Waals surface area contributed by atoms with Crippen molar-refractivity contribution in [2.75, 3.05) is 6.54 Å².